The molecule has 3 fully saturated rings. The highest BCUT2D eigenvalue weighted by molar-refractivity contribution is 5.36. The minimum Gasteiger partial charge on any atom is -0.396 e. The number of aliphatic hydroxyl groups excluding tert-OH is 1. The Morgan fingerprint density at radius 3 is 1.85 bits per heavy atom. The summed E-state index contributed by atoms with van der Waals surface area (Å²) in [5.41, 5.74) is -0.839. The first-order chi connectivity index (χ1) is 18.6. The zero-order chi connectivity index (χ0) is 27.8. The molecule has 0 amide bonds. The first kappa shape index (κ1) is 27.7. The third kappa shape index (κ3) is 5.85. The van der Waals surface area contributed by atoms with Gasteiger partial charge in [0.2, 0.25) is 0 Å². The summed E-state index contributed by atoms with van der Waals surface area (Å²) < 4.78 is 87.0. The van der Waals surface area contributed by atoms with Crippen molar-refractivity contribution in [3.63, 3.8) is 0 Å². The molecule has 3 aromatic carbocycles. The molecule has 0 aliphatic carbocycles. The van der Waals surface area contributed by atoms with Crippen LogP contribution in [0.5, 0.6) is 0 Å². The normalized spacial score (nSPS) is 25.3. The maximum atomic E-state index is 13.5. The van der Waals surface area contributed by atoms with Crippen molar-refractivity contribution in [3.8, 4) is 0 Å². The minimum atomic E-state index is -4.93. The van der Waals surface area contributed by atoms with E-state index in [4.69, 9.17) is 4.74 Å². The van der Waals surface area contributed by atoms with Crippen LogP contribution in [0.3, 0.4) is 0 Å². The van der Waals surface area contributed by atoms with Crippen molar-refractivity contribution in [1.82, 2.24) is 4.90 Å². The summed E-state index contributed by atoms with van der Waals surface area (Å²) in [6.45, 7) is 0.928. The lowest BCUT2D eigenvalue weighted by atomic mass is 9.68. The number of hydrogen-bond acceptors (Lipinski definition) is 3. The number of ether oxygens (including phenoxy) is 1. The molecular weight excluding hydrogens is 520 g/mol. The Hall–Kier alpha value is -2.88. The van der Waals surface area contributed by atoms with E-state index in [-0.39, 0.29) is 42.0 Å². The van der Waals surface area contributed by atoms with Gasteiger partial charge in [-0.05, 0) is 53.8 Å². The quantitative estimate of drug-likeness (QED) is 0.331. The fourth-order valence-electron chi connectivity index (χ4n) is 6.26. The molecule has 3 aliphatic heterocycles. The van der Waals surface area contributed by atoms with Gasteiger partial charge in [0, 0.05) is 31.0 Å². The van der Waals surface area contributed by atoms with Gasteiger partial charge in [0.1, 0.15) is 0 Å². The highest BCUT2D eigenvalue weighted by Gasteiger charge is 2.51. The molecular formula is C30H29F6NO2. The highest BCUT2D eigenvalue weighted by Crippen LogP contribution is 2.46. The van der Waals surface area contributed by atoms with Gasteiger partial charge in [-0.25, -0.2) is 0 Å². The Balaban J connectivity index is 1.53. The van der Waals surface area contributed by atoms with E-state index >= 15 is 0 Å². The first-order valence-corrected chi connectivity index (χ1v) is 12.9. The average molecular weight is 550 g/mol. The van der Waals surface area contributed by atoms with Crippen LogP contribution >= 0.6 is 0 Å². The molecule has 0 spiro atoms. The van der Waals surface area contributed by atoms with Gasteiger partial charge in [0.25, 0.3) is 0 Å². The van der Waals surface area contributed by atoms with Crippen molar-refractivity contribution in [3.05, 3.63) is 107 Å². The van der Waals surface area contributed by atoms with Crippen molar-refractivity contribution in [2.24, 2.45) is 11.8 Å². The molecule has 6 rings (SSSR count). The molecule has 2 bridgehead atoms. The molecule has 3 aromatic rings. The van der Waals surface area contributed by atoms with Gasteiger partial charge in [-0.2, -0.15) is 26.3 Å². The number of piperidine rings is 3. The molecule has 1 unspecified atom stereocenters. The van der Waals surface area contributed by atoms with Gasteiger partial charge >= 0.3 is 12.4 Å². The van der Waals surface area contributed by atoms with Gasteiger partial charge in [0.15, 0.2) is 0 Å². The fourth-order valence-corrected chi connectivity index (χ4v) is 6.26. The van der Waals surface area contributed by atoms with E-state index in [0.717, 1.165) is 36.2 Å². The fraction of sp³-hybridized carbons (Fsp3) is 0.400. The molecule has 0 radical (unpaired) electrons. The second kappa shape index (κ2) is 10.9. The topological polar surface area (TPSA) is 32.7 Å². The van der Waals surface area contributed by atoms with E-state index in [1.807, 2.05) is 60.7 Å². The summed E-state index contributed by atoms with van der Waals surface area (Å²) in [4.78, 5) is 2.25. The largest absolute Gasteiger partial charge is 0.416 e. The van der Waals surface area contributed by atoms with E-state index in [0.29, 0.717) is 6.54 Å². The molecule has 208 valence electrons. The van der Waals surface area contributed by atoms with Gasteiger partial charge in [0.05, 0.1) is 23.8 Å². The number of benzene rings is 3. The summed E-state index contributed by atoms with van der Waals surface area (Å²) in [5, 5.41) is 10.1. The van der Waals surface area contributed by atoms with Gasteiger partial charge < -0.3 is 9.84 Å². The van der Waals surface area contributed by atoms with Gasteiger partial charge in [-0.3, -0.25) is 4.90 Å². The van der Waals surface area contributed by atoms with E-state index in [1.54, 1.807) is 0 Å². The zero-order valence-electron chi connectivity index (χ0n) is 21.0. The molecule has 3 heterocycles. The van der Waals surface area contributed by atoms with Crippen molar-refractivity contribution in [2.45, 2.75) is 43.4 Å². The summed E-state index contributed by atoms with van der Waals surface area (Å²) in [6.07, 6.45) is -9.65. The summed E-state index contributed by atoms with van der Waals surface area (Å²) in [5.74, 6) is -0.334. The highest BCUT2D eigenvalue weighted by atomic mass is 19.4. The van der Waals surface area contributed by atoms with Crippen LogP contribution in [0.15, 0.2) is 78.9 Å². The lowest BCUT2D eigenvalue weighted by Gasteiger charge is -2.56. The van der Waals surface area contributed by atoms with Crippen LogP contribution in [0.2, 0.25) is 0 Å². The van der Waals surface area contributed by atoms with Crippen LogP contribution < -0.4 is 0 Å². The molecule has 1 N–H and O–H groups in total. The van der Waals surface area contributed by atoms with Crippen LogP contribution in [0, 0.1) is 11.8 Å². The summed E-state index contributed by atoms with van der Waals surface area (Å²) in [6, 6.07) is 21.0. The number of hydrogen-bond donors (Lipinski definition) is 1. The Morgan fingerprint density at radius 2 is 1.36 bits per heavy atom. The lowest BCUT2D eigenvalue weighted by molar-refractivity contribution is -0.152. The minimum absolute atomic E-state index is 0.0726. The summed E-state index contributed by atoms with van der Waals surface area (Å²) in [7, 11) is 0. The van der Waals surface area contributed by atoms with Gasteiger partial charge in [-0.1, -0.05) is 60.7 Å². The van der Waals surface area contributed by atoms with E-state index in [2.05, 4.69) is 4.90 Å². The first-order valence-electron chi connectivity index (χ1n) is 12.9. The molecule has 39 heavy (non-hydrogen) atoms. The van der Waals surface area contributed by atoms with Gasteiger partial charge in [-0.15, -0.1) is 0 Å². The second-order valence-electron chi connectivity index (χ2n) is 10.4. The monoisotopic (exact) mass is 549 g/mol. The third-order valence-electron chi connectivity index (χ3n) is 7.99. The number of fused-ring (bicyclic) bond motifs is 3. The van der Waals surface area contributed by atoms with Crippen LogP contribution in [0.4, 0.5) is 26.3 Å². The zero-order valence-corrected chi connectivity index (χ0v) is 21.0. The second-order valence-corrected chi connectivity index (χ2v) is 10.4. The number of aliphatic hydroxyl groups is 1. The van der Waals surface area contributed by atoms with E-state index in [1.165, 1.54) is 0 Å². The van der Waals surface area contributed by atoms with Crippen LogP contribution in [-0.4, -0.2) is 41.8 Å². The third-order valence-corrected chi connectivity index (χ3v) is 7.99. The summed E-state index contributed by atoms with van der Waals surface area (Å²) >= 11 is 0. The molecule has 3 nitrogen and oxygen atoms in total. The molecule has 5 atom stereocenters. The van der Waals surface area contributed by atoms with E-state index in [9.17, 15) is 31.4 Å². The molecule has 9 heteroatoms. The lowest BCUT2D eigenvalue weighted by Crippen LogP contribution is -2.64. The van der Waals surface area contributed by atoms with Crippen molar-refractivity contribution in [2.75, 3.05) is 19.7 Å². The number of alkyl halides is 6. The van der Waals surface area contributed by atoms with Crippen molar-refractivity contribution in [1.29, 1.82) is 0 Å². The Bertz CT molecular complexity index is 1180. The van der Waals surface area contributed by atoms with Crippen LogP contribution in [0.1, 0.15) is 40.2 Å². The number of halogens is 6. The predicted octanol–water partition coefficient (Wildman–Crippen LogP) is 6.75. The Kier molecular flexibility index (Phi) is 7.77. The standard InChI is InChI=1S/C30H29F6NO2/c31-29(32,33)23-13-19(14-24(15-23)30(34,35)36)18-39-28-25-11-12-37(16-22(25)17-38)27(28)26(20-7-3-1-4-8-20)21-9-5-2-6-10-21/h1-10,13-15,22,25-28,38H,11-12,16-18H2/t22-,25+,27+,28-/m0/s1. The average Bonchev–Trinajstić information content (AvgIpc) is 2.93. The maximum absolute atomic E-state index is 13.5. The number of rotatable bonds is 7. The van der Waals surface area contributed by atoms with Crippen LogP contribution in [-0.2, 0) is 23.7 Å². The number of nitrogens with zero attached hydrogens (tertiary/aromatic N) is 1. The maximum Gasteiger partial charge on any atom is 0.416 e. The van der Waals surface area contributed by atoms with Crippen LogP contribution in [0.25, 0.3) is 0 Å². The SMILES string of the molecule is OC[C@@H]1CN2CC[C@H]1[C@H](OCc1cc(C(F)(F)F)cc(C(F)(F)F)c1)[C@H]2C(c1ccccc1)c1ccccc1. The van der Waals surface area contributed by atoms with E-state index < -0.39 is 36.2 Å². The Labute approximate surface area is 223 Å². The molecule has 0 aromatic heterocycles. The van der Waals surface area contributed by atoms with Crippen molar-refractivity contribution >= 4 is 0 Å². The molecule has 3 saturated heterocycles. The molecule has 3 aliphatic rings. The molecule has 0 saturated carbocycles. The smallest absolute Gasteiger partial charge is 0.396 e. The van der Waals surface area contributed by atoms with Crippen molar-refractivity contribution < 1.29 is 36.2 Å². The Morgan fingerprint density at radius 1 is 0.821 bits per heavy atom. The predicted molar refractivity (Wildman–Crippen MR) is 134 cm³/mol.